The fourth-order valence-electron chi connectivity index (χ4n) is 5.36. The maximum absolute atomic E-state index is 13.2. The molecule has 4 rings (SSSR count). The van der Waals surface area contributed by atoms with E-state index in [2.05, 4.69) is 15.4 Å². The fourth-order valence-corrected chi connectivity index (χ4v) is 6.12. The maximum Gasteiger partial charge on any atom is 0.242 e. The predicted octanol–water partition coefficient (Wildman–Crippen LogP) is 2.90. The number of ether oxygens (including phenoxy) is 1. The van der Waals surface area contributed by atoms with E-state index < -0.39 is 21.5 Å². The molecule has 1 aromatic carbocycles. The number of hydrogen-bond acceptors (Lipinski definition) is 5. The Kier molecular flexibility index (Phi) is 6.88. The van der Waals surface area contributed by atoms with Gasteiger partial charge < -0.3 is 15.4 Å². The fraction of sp³-hybridized carbons (Fsp3) is 0.652. The molecule has 32 heavy (non-hydrogen) atoms. The van der Waals surface area contributed by atoms with Crippen LogP contribution in [0.25, 0.3) is 0 Å². The van der Waals surface area contributed by atoms with Gasteiger partial charge in [0.15, 0.2) is 0 Å². The molecule has 1 atom stereocenters. The van der Waals surface area contributed by atoms with Gasteiger partial charge in [-0.15, -0.1) is 0 Å². The molecule has 8 nitrogen and oxygen atoms in total. The van der Waals surface area contributed by atoms with Crippen LogP contribution in [0.15, 0.2) is 18.2 Å². The van der Waals surface area contributed by atoms with E-state index in [0.29, 0.717) is 37.4 Å². The van der Waals surface area contributed by atoms with Crippen molar-refractivity contribution < 1.29 is 22.7 Å². The van der Waals surface area contributed by atoms with Crippen LogP contribution < -0.4 is 15.4 Å². The third kappa shape index (κ3) is 5.00. The molecule has 3 aliphatic rings. The molecular formula is C23H33N3O5S. The lowest BCUT2D eigenvalue weighted by atomic mass is 9.75. The van der Waals surface area contributed by atoms with Crippen molar-refractivity contribution >= 4 is 33.2 Å². The predicted molar refractivity (Wildman–Crippen MR) is 123 cm³/mol. The highest BCUT2D eigenvalue weighted by Crippen LogP contribution is 2.45. The van der Waals surface area contributed by atoms with E-state index in [4.69, 9.17) is 4.74 Å². The van der Waals surface area contributed by atoms with Crippen LogP contribution in [0.4, 0.5) is 11.4 Å². The number of fused-ring (bicyclic) bond motifs is 2. The molecule has 2 heterocycles. The number of benzene rings is 1. The van der Waals surface area contributed by atoms with Crippen LogP contribution in [-0.4, -0.2) is 45.7 Å². The first kappa shape index (κ1) is 23.2. The molecular weight excluding hydrogens is 430 g/mol. The Bertz CT molecular complexity index is 964. The molecule has 1 unspecified atom stereocenters. The Morgan fingerprint density at radius 2 is 1.78 bits per heavy atom. The number of rotatable bonds is 5. The van der Waals surface area contributed by atoms with Gasteiger partial charge in [-0.3, -0.25) is 9.59 Å². The van der Waals surface area contributed by atoms with Gasteiger partial charge in [-0.25, -0.2) is 13.1 Å². The SMILES string of the molecule is CS(=O)(=O)NC(C(=O)Nc1ccc2c(c1)NC(=O)C21CCOCC1)C1CCCCCCC1. The zero-order chi connectivity index (χ0) is 22.8. The van der Waals surface area contributed by atoms with Gasteiger partial charge in [0.25, 0.3) is 0 Å². The second-order valence-corrected chi connectivity index (χ2v) is 11.2. The first-order valence-electron chi connectivity index (χ1n) is 11.6. The highest BCUT2D eigenvalue weighted by molar-refractivity contribution is 7.88. The number of carbonyl (C=O) groups excluding carboxylic acids is 2. The summed E-state index contributed by atoms with van der Waals surface area (Å²) in [5, 5.41) is 5.85. The van der Waals surface area contributed by atoms with E-state index in [1.54, 1.807) is 12.1 Å². The minimum Gasteiger partial charge on any atom is -0.381 e. The van der Waals surface area contributed by atoms with Gasteiger partial charge in [0.2, 0.25) is 21.8 Å². The highest BCUT2D eigenvalue weighted by Gasteiger charge is 2.47. The van der Waals surface area contributed by atoms with Gasteiger partial charge in [-0.2, -0.15) is 0 Å². The molecule has 1 saturated heterocycles. The number of nitrogens with one attached hydrogen (secondary N) is 3. The van der Waals surface area contributed by atoms with Gasteiger partial charge in [0, 0.05) is 24.6 Å². The maximum atomic E-state index is 13.2. The summed E-state index contributed by atoms with van der Waals surface area (Å²) in [6.45, 7) is 1.09. The molecule has 0 radical (unpaired) electrons. The van der Waals surface area contributed by atoms with E-state index >= 15 is 0 Å². The van der Waals surface area contributed by atoms with Crippen LogP contribution in [-0.2, 0) is 29.8 Å². The number of anilines is 2. The van der Waals surface area contributed by atoms with Crippen molar-refractivity contribution in [3.05, 3.63) is 23.8 Å². The molecule has 1 saturated carbocycles. The minimum absolute atomic E-state index is 0.0228. The first-order valence-corrected chi connectivity index (χ1v) is 13.5. The van der Waals surface area contributed by atoms with E-state index in [0.717, 1.165) is 50.3 Å². The quantitative estimate of drug-likeness (QED) is 0.621. The lowest BCUT2D eigenvalue weighted by Crippen LogP contribution is -2.48. The van der Waals surface area contributed by atoms with Gasteiger partial charge >= 0.3 is 0 Å². The summed E-state index contributed by atoms with van der Waals surface area (Å²) >= 11 is 0. The van der Waals surface area contributed by atoms with E-state index in [1.807, 2.05) is 6.07 Å². The molecule has 3 N–H and O–H groups in total. The van der Waals surface area contributed by atoms with Crippen LogP contribution in [0.2, 0.25) is 0 Å². The zero-order valence-electron chi connectivity index (χ0n) is 18.6. The first-order chi connectivity index (χ1) is 15.3. The van der Waals surface area contributed by atoms with E-state index in [9.17, 15) is 18.0 Å². The highest BCUT2D eigenvalue weighted by atomic mass is 32.2. The van der Waals surface area contributed by atoms with Crippen molar-refractivity contribution in [2.45, 2.75) is 69.2 Å². The molecule has 1 spiro atoms. The summed E-state index contributed by atoms with van der Waals surface area (Å²) in [5.41, 5.74) is 1.63. The molecule has 1 aliphatic carbocycles. The lowest BCUT2D eigenvalue weighted by molar-refractivity contribution is -0.124. The van der Waals surface area contributed by atoms with Gasteiger partial charge in [-0.1, -0.05) is 38.2 Å². The number of amides is 2. The molecule has 0 bridgehead atoms. The molecule has 2 aliphatic heterocycles. The van der Waals surface area contributed by atoms with Crippen LogP contribution in [0.3, 0.4) is 0 Å². The summed E-state index contributed by atoms with van der Waals surface area (Å²) in [5.74, 6) is -0.416. The summed E-state index contributed by atoms with van der Waals surface area (Å²) in [4.78, 5) is 25.9. The largest absolute Gasteiger partial charge is 0.381 e. The molecule has 2 fully saturated rings. The van der Waals surface area contributed by atoms with Crippen molar-refractivity contribution in [3.63, 3.8) is 0 Å². The zero-order valence-corrected chi connectivity index (χ0v) is 19.4. The third-order valence-corrected chi connectivity index (χ3v) is 7.76. The molecule has 1 aromatic rings. The second kappa shape index (κ2) is 9.49. The Morgan fingerprint density at radius 1 is 1.12 bits per heavy atom. The third-order valence-electron chi connectivity index (χ3n) is 7.08. The summed E-state index contributed by atoms with van der Waals surface area (Å²) in [6, 6.07) is 4.64. The average Bonchev–Trinajstić information content (AvgIpc) is 2.97. The second-order valence-electron chi connectivity index (χ2n) is 9.37. The smallest absolute Gasteiger partial charge is 0.242 e. The molecule has 176 valence electrons. The molecule has 0 aromatic heterocycles. The molecule has 9 heteroatoms. The van der Waals surface area contributed by atoms with Crippen molar-refractivity contribution in [1.82, 2.24) is 4.72 Å². The van der Waals surface area contributed by atoms with Gasteiger partial charge in [0.05, 0.1) is 11.7 Å². The Morgan fingerprint density at radius 3 is 2.44 bits per heavy atom. The molecule has 2 amide bonds. The number of carbonyl (C=O) groups is 2. The van der Waals surface area contributed by atoms with Crippen molar-refractivity contribution in [3.8, 4) is 0 Å². The monoisotopic (exact) mass is 463 g/mol. The summed E-state index contributed by atoms with van der Waals surface area (Å²) in [7, 11) is -3.55. The van der Waals surface area contributed by atoms with E-state index in [-0.39, 0.29) is 17.7 Å². The number of hydrogen-bond donors (Lipinski definition) is 3. The van der Waals surface area contributed by atoms with Crippen molar-refractivity contribution in [1.29, 1.82) is 0 Å². The minimum atomic E-state index is -3.55. The average molecular weight is 464 g/mol. The van der Waals surface area contributed by atoms with E-state index in [1.165, 1.54) is 6.42 Å². The standard InChI is InChI=1S/C23H33N3O5S/c1-32(29,30)26-20(16-7-5-3-2-4-6-8-16)21(27)24-17-9-10-18-19(15-17)25-22(28)23(18)11-13-31-14-12-23/h9-10,15-16,20,26H,2-8,11-14H2,1H3,(H,24,27)(H,25,28). The van der Waals surface area contributed by atoms with Crippen LogP contribution in [0.1, 0.15) is 63.4 Å². The normalized spacial score (nSPS) is 22.5. The van der Waals surface area contributed by atoms with Crippen molar-refractivity contribution in [2.75, 3.05) is 30.1 Å². The van der Waals surface area contributed by atoms with Crippen LogP contribution in [0.5, 0.6) is 0 Å². The Labute approximate surface area is 189 Å². The summed E-state index contributed by atoms with van der Waals surface area (Å²) in [6.07, 6.45) is 9.43. The van der Waals surface area contributed by atoms with Gasteiger partial charge in [-0.05, 0) is 49.3 Å². The van der Waals surface area contributed by atoms with Gasteiger partial charge in [0.1, 0.15) is 6.04 Å². The number of sulfonamides is 1. The Hall–Kier alpha value is -1.97. The Balaban J connectivity index is 1.53. The van der Waals surface area contributed by atoms with Crippen LogP contribution >= 0.6 is 0 Å². The van der Waals surface area contributed by atoms with Crippen molar-refractivity contribution in [2.24, 2.45) is 5.92 Å². The lowest BCUT2D eigenvalue weighted by Gasteiger charge is -2.31. The topological polar surface area (TPSA) is 114 Å². The summed E-state index contributed by atoms with van der Waals surface area (Å²) < 4.78 is 32.0. The van der Waals surface area contributed by atoms with Crippen LogP contribution in [0, 0.1) is 5.92 Å².